The van der Waals surface area contributed by atoms with Crippen molar-refractivity contribution in [3.8, 4) is 0 Å². The van der Waals surface area contributed by atoms with Crippen LogP contribution < -0.4 is 10.3 Å². The fourth-order valence-electron chi connectivity index (χ4n) is 2.91. The Balaban J connectivity index is 2.09. The van der Waals surface area contributed by atoms with E-state index in [0.717, 1.165) is 0 Å². The molecule has 1 fully saturated rings. The van der Waals surface area contributed by atoms with Crippen LogP contribution in [0.2, 0.25) is 0 Å². The number of phosphoric acid groups is 1. The number of amides is 1. The summed E-state index contributed by atoms with van der Waals surface area (Å²) in [6.45, 7) is 7.39. The Morgan fingerprint density at radius 2 is 1.50 bits per heavy atom. The van der Waals surface area contributed by atoms with E-state index in [1.165, 1.54) is 29.1 Å². The lowest BCUT2D eigenvalue weighted by Gasteiger charge is -2.22. The molecule has 0 saturated carbocycles. The topological polar surface area (TPSA) is 194 Å². The molecule has 0 aliphatic carbocycles. The summed E-state index contributed by atoms with van der Waals surface area (Å²) >= 11 is 0. The quantitative estimate of drug-likeness (QED) is 0.149. The first kappa shape index (κ1) is 31.8. The third kappa shape index (κ3) is 8.80. The number of aliphatic hydroxyl groups is 2. The zero-order chi connectivity index (χ0) is 28.9. The number of ether oxygens (including phenoxy) is 3. The van der Waals surface area contributed by atoms with E-state index in [4.69, 9.17) is 33.5 Å². The number of nitrogens with zero attached hydrogens (tertiary/aromatic N) is 1. The molecule has 1 aliphatic rings. The van der Waals surface area contributed by atoms with Crippen LogP contribution in [-0.2, 0) is 41.9 Å². The van der Waals surface area contributed by atoms with Gasteiger partial charge in [-0.2, -0.15) is 4.57 Å². The monoisotopic (exact) mass is 563 g/mol. The van der Waals surface area contributed by atoms with Crippen molar-refractivity contribution in [2.45, 2.75) is 66.1 Å². The lowest BCUT2D eigenvalue weighted by atomic mass is 9.98. The largest absolute Gasteiger partial charge is 0.480 e. The van der Waals surface area contributed by atoms with Crippen LogP contribution in [0, 0.1) is 10.8 Å². The van der Waals surface area contributed by atoms with Gasteiger partial charge in [-0.05, 0) is 47.6 Å². The highest BCUT2D eigenvalue weighted by Gasteiger charge is 2.49. The second kappa shape index (κ2) is 12.6. The smallest absolute Gasteiger partial charge is 0.437 e. The number of pyridine rings is 1. The minimum Gasteiger partial charge on any atom is -0.437 e. The minimum absolute atomic E-state index is 0.137. The van der Waals surface area contributed by atoms with Gasteiger partial charge in [-0.25, -0.2) is 13.6 Å². The van der Waals surface area contributed by atoms with Gasteiger partial charge in [-0.15, -0.1) is 0 Å². The van der Waals surface area contributed by atoms with Gasteiger partial charge in [-0.1, -0.05) is 0 Å². The first-order valence-corrected chi connectivity index (χ1v) is 13.1. The summed E-state index contributed by atoms with van der Waals surface area (Å²) < 4.78 is 45.4. The molecule has 0 spiro atoms. The Bertz CT molecular complexity index is 1020. The summed E-state index contributed by atoms with van der Waals surface area (Å²) in [6.07, 6.45) is -2.51. The summed E-state index contributed by atoms with van der Waals surface area (Å²) in [5, 5.41) is 21.0. The van der Waals surface area contributed by atoms with Gasteiger partial charge in [0.05, 0.1) is 17.4 Å². The van der Waals surface area contributed by atoms with Crippen LogP contribution >= 0.6 is 7.82 Å². The lowest BCUT2D eigenvalue weighted by Crippen LogP contribution is -2.46. The molecule has 15 heteroatoms. The summed E-state index contributed by atoms with van der Waals surface area (Å²) in [7, 11) is -4.54. The molecular formula is C23H36N2O12P+. The number of primary amides is 1. The van der Waals surface area contributed by atoms with E-state index >= 15 is 0 Å². The van der Waals surface area contributed by atoms with Crippen molar-refractivity contribution >= 4 is 25.7 Å². The zero-order valence-electron chi connectivity index (χ0n) is 22.2. The van der Waals surface area contributed by atoms with Crippen LogP contribution in [0.4, 0.5) is 0 Å². The van der Waals surface area contributed by atoms with E-state index < -0.39 is 81.2 Å². The molecule has 1 aromatic heterocycles. The van der Waals surface area contributed by atoms with Gasteiger partial charge in [0, 0.05) is 6.07 Å². The molecular weight excluding hydrogens is 527 g/mol. The highest BCUT2D eigenvalue weighted by atomic mass is 31.2. The third-order valence-electron chi connectivity index (χ3n) is 5.16. The maximum atomic E-state index is 13.2. The highest BCUT2D eigenvalue weighted by Crippen LogP contribution is 2.50. The molecule has 0 aromatic carbocycles. The molecule has 1 amide bonds. The number of carbonyl (C=O) groups is 3. The van der Waals surface area contributed by atoms with Crippen LogP contribution in [-0.4, -0.2) is 66.6 Å². The molecule has 1 aromatic rings. The van der Waals surface area contributed by atoms with E-state index in [1.54, 1.807) is 41.5 Å². The van der Waals surface area contributed by atoms with Gasteiger partial charge in [0.2, 0.25) is 13.6 Å². The normalized spacial score (nSPS) is 22.2. The van der Waals surface area contributed by atoms with Gasteiger partial charge in [0.15, 0.2) is 18.5 Å². The fourth-order valence-corrected chi connectivity index (χ4v) is 3.83. The predicted octanol–water partition coefficient (Wildman–Crippen LogP) is 0.944. The first-order chi connectivity index (χ1) is 17.4. The van der Waals surface area contributed by atoms with Crippen molar-refractivity contribution in [1.82, 2.24) is 0 Å². The third-order valence-corrected chi connectivity index (χ3v) is 6.47. The minimum atomic E-state index is -4.54. The summed E-state index contributed by atoms with van der Waals surface area (Å²) in [5.74, 6) is -2.01. The number of rotatable bonds is 11. The van der Waals surface area contributed by atoms with Crippen LogP contribution in [0.15, 0.2) is 24.5 Å². The molecule has 0 bridgehead atoms. The van der Waals surface area contributed by atoms with Crippen molar-refractivity contribution in [3.05, 3.63) is 30.1 Å². The van der Waals surface area contributed by atoms with Gasteiger partial charge in [0.1, 0.15) is 17.8 Å². The summed E-state index contributed by atoms with van der Waals surface area (Å²) in [4.78, 5) is 35.5. The van der Waals surface area contributed by atoms with Crippen LogP contribution in [0.25, 0.3) is 0 Å². The Kier molecular flexibility index (Phi) is 10.5. The van der Waals surface area contributed by atoms with Gasteiger partial charge in [0.25, 0.3) is 12.1 Å². The number of hydrogen-bond acceptors (Lipinski definition) is 12. The van der Waals surface area contributed by atoms with E-state index in [9.17, 15) is 29.2 Å². The van der Waals surface area contributed by atoms with E-state index in [2.05, 4.69) is 0 Å². The van der Waals surface area contributed by atoms with E-state index in [1.807, 2.05) is 0 Å². The average molecular weight is 564 g/mol. The van der Waals surface area contributed by atoms with Crippen LogP contribution in [0.1, 0.15) is 58.1 Å². The molecule has 0 radical (unpaired) electrons. The maximum Gasteiger partial charge on any atom is 0.480 e. The Morgan fingerprint density at radius 3 is 1.97 bits per heavy atom. The highest BCUT2D eigenvalue weighted by molar-refractivity contribution is 7.48. The molecule has 1 saturated heterocycles. The number of carbonyl (C=O) groups excluding carboxylic acids is 3. The van der Waals surface area contributed by atoms with Crippen LogP contribution in [0.5, 0.6) is 0 Å². The van der Waals surface area contributed by atoms with E-state index in [-0.39, 0.29) is 5.56 Å². The Labute approximate surface area is 220 Å². The SMILES string of the molecule is CC(C)(C)C(=O)OCOP(=O)(OCOC(=O)C(C)(C)C)OC[C@H]1O[C@@H]([n+]2cccc(C(N)=O)c2)[C@@H](O)C1O. The van der Waals surface area contributed by atoms with Crippen molar-refractivity contribution < 1.29 is 61.5 Å². The summed E-state index contributed by atoms with van der Waals surface area (Å²) in [6, 6.07) is 2.96. The molecule has 2 rings (SSSR count). The Morgan fingerprint density at radius 1 is 0.974 bits per heavy atom. The van der Waals surface area contributed by atoms with Crippen molar-refractivity contribution in [3.63, 3.8) is 0 Å². The molecule has 38 heavy (non-hydrogen) atoms. The lowest BCUT2D eigenvalue weighted by molar-refractivity contribution is -0.765. The molecule has 1 unspecified atom stereocenters. The van der Waals surface area contributed by atoms with Gasteiger partial charge < -0.3 is 30.2 Å². The molecule has 2 heterocycles. The standard InChI is InChI=1S/C23H35N2O12P/c1-22(2,3)20(29)32-12-35-38(31,36-13-33-21(30)23(4,5)6)34-11-15-16(26)17(27)19(37-15)25-9-7-8-14(10-25)18(24)28/h7-10,15-17,19,26-27H,11-13H2,1-6H3,(H-,24,28)/p+1/t15-,16?,17+,19-/m1/s1. The molecule has 4 atom stereocenters. The van der Waals surface area contributed by atoms with Crippen molar-refractivity contribution in [2.24, 2.45) is 16.6 Å². The van der Waals surface area contributed by atoms with E-state index in [0.29, 0.717) is 0 Å². The zero-order valence-corrected chi connectivity index (χ0v) is 23.1. The Hall–Kier alpha value is -2.45. The molecule has 1 aliphatic heterocycles. The average Bonchev–Trinajstić information content (AvgIpc) is 3.10. The second-order valence-corrected chi connectivity index (χ2v) is 12.2. The second-order valence-electron chi connectivity index (χ2n) is 10.6. The molecule has 4 N–H and O–H groups in total. The number of phosphoric ester groups is 1. The number of aromatic nitrogens is 1. The fraction of sp³-hybridized carbons (Fsp3) is 0.652. The maximum absolute atomic E-state index is 13.2. The van der Waals surface area contributed by atoms with Gasteiger partial charge >= 0.3 is 19.8 Å². The number of aliphatic hydroxyl groups excluding tert-OH is 2. The number of nitrogens with two attached hydrogens (primary N) is 1. The van der Waals surface area contributed by atoms with Crippen LogP contribution in [0.3, 0.4) is 0 Å². The van der Waals surface area contributed by atoms with Gasteiger partial charge in [-0.3, -0.25) is 18.9 Å². The summed E-state index contributed by atoms with van der Waals surface area (Å²) in [5.41, 5.74) is 3.69. The molecule has 14 nitrogen and oxygen atoms in total. The number of esters is 2. The van der Waals surface area contributed by atoms with Crippen molar-refractivity contribution in [1.29, 1.82) is 0 Å². The number of hydrogen-bond donors (Lipinski definition) is 3. The van der Waals surface area contributed by atoms with Crippen molar-refractivity contribution in [2.75, 3.05) is 20.2 Å². The predicted molar refractivity (Wildman–Crippen MR) is 128 cm³/mol. The first-order valence-electron chi connectivity index (χ1n) is 11.6. The molecule has 214 valence electrons.